The number of rotatable bonds is 4. The number of hydrogen-bond donors (Lipinski definition) is 0. The molecule has 0 aliphatic carbocycles. The monoisotopic (exact) mass is 235 g/mol. The molecule has 90 valence electrons. The minimum Gasteiger partial charge on any atom is -0.377 e. The molecule has 4 nitrogen and oxygen atoms in total. The predicted molar refractivity (Wildman–Crippen MR) is 60.3 cm³/mol. The van der Waals surface area contributed by atoms with Gasteiger partial charge >= 0.3 is 0 Å². The van der Waals surface area contributed by atoms with Crippen LogP contribution in [0, 0.1) is 0 Å². The second kappa shape index (κ2) is 4.80. The summed E-state index contributed by atoms with van der Waals surface area (Å²) in [6.45, 7) is 4.99. The number of ether oxygens (including phenoxy) is 1. The molecule has 0 aromatic heterocycles. The summed E-state index contributed by atoms with van der Waals surface area (Å²) >= 11 is 0. The van der Waals surface area contributed by atoms with Crippen LogP contribution in [0.25, 0.3) is 0 Å². The van der Waals surface area contributed by atoms with E-state index in [1.165, 1.54) is 0 Å². The molecule has 1 heterocycles. The summed E-state index contributed by atoms with van der Waals surface area (Å²) in [6, 6.07) is 0. The summed E-state index contributed by atoms with van der Waals surface area (Å²) in [4.78, 5) is 0. The van der Waals surface area contributed by atoms with Crippen LogP contribution in [0.15, 0.2) is 0 Å². The lowest BCUT2D eigenvalue weighted by atomic mass is 9.96. The fourth-order valence-corrected chi connectivity index (χ4v) is 3.60. The fraction of sp³-hybridized carbons (Fsp3) is 1.00. The van der Waals surface area contributed by atoms with Crippen LogP contribution in [0.3, 0.4) is 0 Å². The highest BCUT2D eigenvalue weighted by atomic mass is 32.2. The molecule has 0 amide bonds. The highest BCUT2D eigenvalue weighted by molar-refractivity contribution is 7.89. The lowest BCUT2D eigenvalue weighted by Crippen LogP contribution is -2.50. The molecule has 0 aromatic rings. The number of hydrogen-bond acceptors (Lipinski definition) is 3. The van der Waals surface area contributed by atoms with Gasteiger partial charge in [-0.1, -0.05) is 6.92 Å². The van der Waals surface area contributed by atoms with E-state index < -0.39 is 10.0 Å². The summed E-state index contributed by atoms with van der Waals surface area (Å²) < 4.78 is 30.7. The maximum atomic E-state index is 11.9. The largest absolute Gasteiger partial charge is 0.377 e. The third kappa shape index (κ3) is 3.16. The van der Waals surface area contributed by atoms with E-state index in [0.29, 0.717) is 19.5 Å². The summed E-state index contributed by atoms with van der Waals surface area (Å²) in [5.74, 6) is 0.243. The Balaban J connectivity index is 2.72. The van der Waals surface area contributed by atoms with Crippen molar-refractivity contribution in [3.8, 4) is 0 Å². The van der Waals surface area contributed by atoms with Gasteiger partial charge in [-0.2, -0.15) is 4.31 Å². The van der Waals surface area contributed by atoms with Crippen LogP contribution in [0.4, 0.5) is 0 Å². The summed E-state index contributed by atoms with van der Waals surface area (Å²) in [5.41, 5.74) is -0.306. The van der Waals surface area contributed by atoms with Gasteiger partial charge in [0.2, 0.25) is 10.0 Å². The first-order valence-electron chi connectivity index (χ1n) is 5.46. The van der Waals surface area contributed by atoms with Crippen LogP contribution in [0.5, 0.6) is 0 Å². The topological polar surface area (TPSA) is 46.6 Å². The Labute approximate surface area is 92.7 Å². The van der Waals surface area contributed by atoms with E-state index in [2.05, 4.69) is 0 Å². The van der Waals surface area contributed by atoms with Crippen molar-refractivity contribution in [3.63, 3.8) is 0 Å². The molecule has 1 fully saturated rings. The van der Waals surface area contributed by atoms with E-state index in [-0.39, 0.29) is 11.4 Å². The highest BCUT2D eigenvalue weighted by Gasteiger charge is 2.35. The van der Waals surface area contributed by atoms with Gasteiger partial charge in [0.15, 0.2) is 0 Å². The zero-order valence-electron chi connectivity index (χ0n) is 9.82. The van der Waals surface area contributed by atoms with Crippen molar-refractivity contribution >= 4 is 10.0 Å². The van der Waals surface area contributed by atoms with Crippen molar-refractivity contribution in [3.05, 3.63) is 0 Å². The lowest BCUT2D eigenvalue weighted by molar-refractivity contribution is -0.0319. The third-order valence-corrected chi connectivity index (χ3v) is 4.99. The first-order valence-corrected chi connectivity index (χ1v) is 7.07. The Hall–Kier alpha value is -0.130. The molecule has 5 heteroatoms. The van der Waals surface area contributed by atoms with Gasteiger partial charge in [-0.25, -0.2) is 8.42 Å². The molecule has 1 unspecified atom stereocenters. The van der Waals surface area contributed by atoms with Crippen molar-refractivity contribution in [1.29, 1.82) is 0 Å². The fourth-order valence-electron chi connectivity index (χ4n) is 1.95. The van der Waals surface area contributed by atoms with Gasteiger partial charge in [-0.3, -0.25) is 0 Å². The maximum absolute atomic E-state index is 11.9. The smallest absolute Gasteiger partial charge is 0.214 e. The van der Waals surface area contributed by atoms with Gasteiger partial charge in [-0.15, -0.1) is 0 Å². The predicted octanol–water partition coefficient (Wildman–Crippen LogP) is 1.23. The second-order valence-electron chi connectivity index (χ2n) is 4.41. The Morgan fingerprint density at radius 2 is 2.13 bits per heavy atom. The quantitative estimate of drug-likeness (QED) is 0.736. The van der Waals surface area contributed by atoms with Crippen molar-refractivity contribution in [2.24, 2.45) is 0 Å². The van der Waals surface area contributed by atoms with E-state index in [1.807, 2.05) is 13.8 Å². The van der Waals surface area contributed by atoms with Crippen LogP contribution in [-0.2, 0) is 14.8 Å². The maximum Gasteiger partial charge on any atom is 0.214 e. The van der Waals surface area contributed by atoms with Crippen molar-refractivity contribution in [2.75, 3.05) is 26.0 Å². The SMILES string of the molecule is CCCS(=O)(=O)N1CCCC(C)(OC)C1. The van der Waals surface area contributed by atoms with Crippen LogP contribution in [0.1, 0.15) is 33.1 Å². The highest BCUT2D eigenvalue weighted by Crippen LogP contribution is 2.25. The molecule has 0 radical (unpaired) electrons. The molecule has 1 rings (SSSR count). The average Bonchev–Trinajstić information content (AvgIpc) is 2.18. The van der Waals surface area contributed by atoms with Gasteiger partial charge in [0.25, 0.3) is 0 Å². The van der Waals surface area contributed by atoms with E-state index in [1.54, 1.807) is 11.4 Å². The zero-order chi connectivity index (χ0) is 11.5. The number of methoxy groups -OCH3 is 1. The second-order valence-corrected chi connectivity index (χ2v) is 6.50. The molecule has 0 bridgehead atoms. The van der Waals surface area contributed by atoms with E-state index in [9.17, 15) is 8.42 Å². The van der Waals surface area contributed by atoms with Gasteiger partial charge in [0.1, 0.15) is 0 Å². The van der Waals surface area contributed by atoms with Gasteiger partial charge in [0, 0.05) is 20.2 Å². The van der Waals surface area contributed by atoms with Gasteiger partial charge < -0.3 is 4.74 Å². The molecule has 15 heavy (non-hydrogen) atoms. The molecular formula is C10H21NO3S. The molecule has 1 aliphatic heterocycles. The third-order valence-electron chi connectivity index (χ3n) is 2.97. The Morgan fingerprint density at radius 3 is 2.67 bits per heavy atom. The van der Waals surface area contributed by atoms with Crippen LogP contribution in [0.2, 0.25) is 0 Å². The van der Waals surface area contributed by atoms with Crippen molar-refractivity contribution in [2.45, 2.75) is 38.7 Å². The summed E-state index contributed by atoms with van der Waals surface area (Å²) in [7, 11) is -1.41. The molecule has 1 atom stereocenters. The van der Waals surface area contributed by atoms with Crippen LogP contribution in [-0.4, -0.2) is 44.3 Å². The first kappa shape index (κ1) is 12.9. The van der Waals surface area contributed by atoms with E-state index in [4.69, 9.17) is 4.74 Å². The molecule has 0 saturated carbocycles. The summed E-state index contributed by atoms with van der Waals surface area (Å²) in [6.07, 6.45) is 2.48. The normalized spacial score (nSPS) is 29.3. The Bertz CT molecular complexity index is 302. The van der Waals surface area contributed by atoms with Gasteiger partial charge in [0.05, 0.1) is 11.4 Å². The number of piperidine rings is 1. The molecular weight excluding hydrogens is 214 g/mol. The minimum absolute atomic E-state index is 0.243. The first-order chi connectivity index (χ1) is 6.93. The zero-order valence-corrected chi connectivity index (χ0v) is 10.6. The minimum atomic E-state index is -3.06. The number of sulfonamides is 1. The number of nitrogens with zero attached hydrogens (tertiary/aromatic N) is 1. The van der Waals surface area contributed by atoms with Crippen molar-refractivity contribution in [1.82, 2.24) is 4.31 Å². The molecule has 0 aromatic carbocycles. The molecule has 0 spiro atoms. The average molecular weight is 235 g/mol. The Kier molecular flexibility index (Phi) is 4.14. The van der Waals surface area contributed by atoms with E-state index >= 15 is 0 Å². The van der Waals surface area contributed by atoms with Crippen molar-refractivity contribution < 1.29 is 13.2 Å². The van der Waals surface area contributed by atoms with Gasteiger partial charge in [-0.05, 0) is 26.2 Å². The molecule has 0 N–H and O–H groups in total. The standard InChI is InChI=1S/C10H21NO3S/c1-4-8-15(12,13)11-7-5-6-10(2,9-11)14-3/h4-9H2,1-3H3. The summed E-state index contributed by atoms with van der Waals surface area (Å²) in [5, 5.41) is 0. The molecule has 1 saturated heterocycles. The lowest BCUT2D eigenvalue weighted by Gasteiger charge is -2.38. The van der Waals surface area contributed by atoms with Crippen LogP contribution >= 0.6 is 0 Å². The molecule has 1 aliphatic rings. The Morgan fingerprint density at radius 1 is 1.47 bits per heavy atom. The van der Waals surface area contributed by atoms with E-state index in [0.717, 1.165) is 12.8 Å². The van der Waals surface area contributed by atoms with Crippen LogP contribution < -0.4 is 0 Å².